The minimum absolute atomic E-state index is 0.108. The van der Waals surface area contributed by atoms with Crippen molar-refractivity contribution in [1.82, 2.24) is 19.7 Å². The van der Waals surface area contributed by atoms with E-state index in [2.05, 4.69) is 10.2 Å². The van der Waals surface area contributed by atoms with Crippen LogP contribution in [0.15, 0.2) is 35.7 Å². The van der Waals surface area contributed by atoms with Gasteiger partial charge in [0.05, 0.1) is 26.1 Å². The molecule has 0 N–H and O–H groups in total. The molecule has 1 aromatic carbocycles. The van der Waals surface area contributed by atoms with Crippen molar-refractivity contribution in [2.75, 3.05) is 39.2 Å². The van der Waals surface area contributed by atoms with Gasteiger partial charge in [-0.05, 0) is 37.1 Å². The third-order valence-electron chi connectivity index (χ3n) is 5.03. The average molecular weight is 404 g/mol. The number of carbonyl (C=O) groups is 1. The summed E-state index contributed by atoms with van der Waals surface area (Å²) in [5, 5.41) is 8.85. The number of carbonyl (C=O) groups excluding carboxylic acids is 1. The number of likely N-dealkylation sites (tertiary alicyclic amines) is 1. The zero-order valence-electron chi connectivity index (χ0n) is 15.8. The summed E-state index contributed by atoms with van der Waals surface area (Å²) in [6.45, 7) is 2.76. The Bertz CT molecular complexity index is 791. The van der Waals surface area contributed by atoms with Crippen molar-refractivity contribution in [3.05, 3.63) is 30.6 Å². The van der Waals surface area contributed by atoms with Crippen molar-refractivity contribution in [1.29, 1.82) is 0 Å². The molecule has 0 radical (unpaired) electrons. The highest BCUT2D eigenvalue weighted by atomic mass is 32.2. The summed E-state index contributed by atoms with van der Waals surface area (Å²) >= 11 is 1.40. The maximum atomic E-state index is 12.7. The van der Waals surface area contributed by atoms with E-state index in [-0.39, 0.29) is 18.1 Å². The Morgan fingerprint density at radius 1 is 1.29 bits per heavy atom. The number of hydrogen-bond donors (Lipinski definition) is 0. The van der Waals surface area contributed by atoms with Gasteiger partial charge in [0.2, 0.25) is 5.91 Å². The second kappa shape index (κ2) is 8.93. The Morgan fingerprint density at radius 2 is 2.07 bits per heavy atom. The Labute approximate surface area is 168 Å². The Hall–Kier alpha value is -2.10. The number of ether oxygens (including phenoxy) is 3. The summed E-state index contributed by atoms with van der Waals surface area (Å²) in [6.07, 6.45) is 3.50. The molecule has 2 saturated heterocycles. The molecule has 2 aromatic rings. The predicted octanol–water partition coefficient (Wildman–Crippen LogP) is 1.98. The van der Waals surface area contributed by atoms with E-state index in [9.17, 15) is 4.79 Å². The molecule has 1 aromatic heterocycles. The Balaban J connectivity index is 1.35. The summed E-state index contributed by atoms with van der Waals surface area (Å²) in [6, 6.07) is 7.64. The first-order chi connectivity index (χ1) is 13.7. The number of nitrogens with zero attached hydrogens (tertiary/aromatic N) is 4. The van der Waals surface area contributed by atoms with Crippen LogP contribution in [0, 0.1) is 5.92 Å². The highest BCUT2D eigenvalue weighted by Crippen LogP contribution is 2.26. The smallest absolute Gasteiger partial charge is 0.233 e. The first-order valence-corrected chi connectivity index (χ1v) is 10.4. The molecule has 2 aliphatic rings. The van der Waals surface area contributed by atoms with E-state index in [1.807, 2.05) is 33.7 Å². The molecule has 4 rings (SSSR count). The van der Waals surface area contributed by atoms with Crippen LogP contribution in [0.1, 0.15) is 12.8 Å². The van der Waals surface area contributed by atoms with E-state index < -0.39 is 0 Å². The fraction of sp³-hybridized carbons (Fsp3) is 0.526. The molecule has 1 unspecified atom stereocenters. The van der Waals surface area contributed by atoms with Crippen molar-refractivity contribution in [2.45, 2.75) is 24.3 Å². The van der Waals surface area contributed by atoms with Crippen LogP contribution in [0.5, 0.6) is 5.75 Å². The minimum atomic E-state index is -0.165. The van der Waals surface area contributed by atoms with E-state index in [1.54, 1.807) is 13.4 Å². The largest absolute Gasteiger partial charge is 0.497 e. The molecule has 9 heteroatoms. The van der Waals surface area contributed by atoms with Gasteiger partial charge in [-0.15, -0.1) is 10.2 Å². The Kier molecular flexibility index (Phi) is 6.13. The van der Waals surface area contributed by atoms with Gasteiger partial charge in [0, 0.05) is 24.7 Å². The number of methoxy groups -OCH3 is 1. The van der Waals surface area contributed by atoms with Gasteiger partial charge in [-0.3, -0.25) is 9.36 Å². The quantitative estimate of drug-likeness (QED) is 0.681. The number of amides is 1. The molecule has 1 amide bonds. The lowest BCUT2D eigenvalue weighted by atomic mass is 9.97. The first kappa shape index (κ1) is 19.2. The molecule has 0 saturated carbocycles. The lowest BCUT2D eigenvalue weighted by Gasteiger charge is -2.34. The second-order valence-corrected chi connectivity index (χ2v) is 7.76. The van der Waals surface area contributed by atoms with Crippen LogP contribution in [0.25, 0.3) is 5.69 Å². The van der Waals surface area contributed by atoms with Crippen LogP contribution in [0.4, 0.5) is 0 Å². The van der Waals surface area contributed by atoms with E-state index in [1.165, 1.54) is 11.8 Å². The highest BCUT2D eigenvalue weighted by Gasteiger charge is 2.32. The van der Waals surface area contributed by atoms with Crippen LogP contribution < -0.4 is 4.74 Å². The van der Waals surface area contributed by atoms with Gasteiger partial charge in [0.15, 0.2) is 11.4 Å². The normalized spacial score (nSPS) is 20.5. The maximum Gasteiger partial charge on any atom is 0.233 e. The molecule has 28 heavy (non-hydrogen) atoms. The first-order valence-electron chi connectivity index (χ1n) is 9.43. The van der Waals surface area contributed by atoms with Gasteiger partial charge < -0.3 is 19.1 Å². The van der Waals surface area contributed by atoms with Crippen molar-refractivity contribution >= 4 is 17.7 Å². The molecule has 0 spiro atoms. The standard InChI is InChI=1S/C19H24N4O4S/c1-25-16-6-4-15(5-7-16)23-13-20-21-19(23)28-12-17(24)22-8-2-3-14(11-22)18-26-9-10-27-18/h4-7,13-14,18H,2-3,8-12H2,1H3. The van der Waals surface area contributed by atoms with Gasteiger partial charge >= 0.3 is 0 Å². The van der Waals surface area contributed by atoms with E-state index in [0.717, 1.165) is 30.8 Å². The fourth-order valence-corrected chi connectivity index (χ4v) is 4.40. The van der Waals surface area contributed by atoms with Crippen molar-refractivity contribution < 1.29 is 19.0 Å². The lowest BCUT2D eigenvalue weighted by Crippen LogP contribution is -2.44. The van der Waals surface area contributed by atoms with Crippen molar-refractivity contribution in [3.63, 3.8) is 0 Å². The van der Waals surface area contributed by atoms with Gasteiger partial charge in [0.25, 0.3) is 0 Å². The number of rotatable bonds is 6. The van der Waals surface area contributed by atoms with Crippen LogP contribution in [0.3, 0.4) is 0 Å². The predicted molar refractivity (Wildman–Crippen MR) is 104 cm³/mol. The van der Waals surface area contributed by atoms with Crippen molar-refractivity contribution in [2.24, 2.45) is 5.92 Å². The number of aromatic nitrogens is 3. The zero-order valence-corrected chi connectivity index (χ0v) is 16.6. The lowest BCUT2D eigenvalue weighted by molar-refractivity contribution is -0.136. The molecule has 1 atom stereocenters. The molecule has 2 aliphatic heterocycles. The van der Waals surface area contributed by atoms with Crippen molar-refractivity contribution in [3.8, 4) is 11.4 Å². The number of thioether (sulfide) groups is 1. The summed E-state index contributed by atoms with van der Waals surface area (Å²) in [5.41, 5.74) is 0.925. The summed E-state index contributed by atoms with van der Waals surface area (Å²) in [5.74, 6) is 1.48. The molecule has 150 valence electrons. The topological polar surface area (TPSA) is 78.7 Å². The highest BCUT2D eigenvalue weighted by molar-refractivity contribution is 7.99. The van der Waals surface area contributed by atoms with Gasteiger partial charge in [0.1, 0.15) is 12.1 Å². The molecule has 3 heterocycles. The SMILES string of the molecule is COc1ccc(-n2cnnc2SCC(=O)N2CCCC(C3OCCO3)C2)cc1. The summed E-state index contributed by atoms with van der Waals surface area (Å²) in [4.78, 5) is 14.7. The van der Waals surface area contributed by atoms with E-state index >= 15 is 0 Å². The molecule has 2 fully saturated rings. The van der Waals surface area contributed by atoms with Crippen LogP contribution in [-0.2, 0) is 14.3 Å². The monoisotopic (exact) mass is 404 g/mol. The molecule has 0 aliphatic carbocycles. The summed E-state index contributed by atoms with van der Waals surface area (Å²) < 4.78 is 18.3. The second-order valence-electron chi connectivity index (χ2n) is 6.82. The minimum Gasteiger partial charge on any atom is -0.497 e. The van der Waals surface area contributed by atoms with E-state index in [4.69, 9.17) is 14.2 Å². The zero-order chi connectivity index (χ0) is 19.3. The van der Waals surface area contributed by atoms with Gasteiger partial charge in [-0.1, -0.05) is 11.8 Å². The fourth-order valence-electron chi connectivity index (χ4n) is 3.57. The molecule has 8 nitrogen and oxygen atoms in total. The number of hydrogen-bond acceptors (Lipinski definition) is 7. The molecule has 0 bridgehead atoms. The number of benzene rings is 1. The third kappa shape index (κ3) is 4.31. The third-order valence-corrected chi connectivity index (χ3v) is 5.96. The average Bonchev–Trinajstić information content (AvgIpc) is 3.44. The molecular formula is C19H24N4O4S. The maximum absolute atomic E-state index is 12.7. The summed E-state index contributed by atoms with van der Waals surface area (Å²) in [7, 11) is 1.64. The molecular weight excluding hydrogens is 380 g/mol. The van der Waals surface area contributed by atoms with Gasteiger partial charge in [-0.2, -0.15) is 0 Å². The van der Waals surface area contributed by atoms with Gasteiger partial charge in [-0.25, -0.2) is 0 Å². The van der Waals surface area contributed by atoms with Crippen LogP contribution in [-0.4, -0.2) is 71.0 Å². The van der Waals surface area contributed by atoms with E-state index in [0.29, 0.717) is 30.7 Å². The Morgan fingerprint density at radius 3 is 2.82 bits per heavy atom. The van der Waals surface area contributed by atoms with Crippen LogP contribution in [0.2, 0.25) is 0 Å². The number of piperidine rings is 1. The van der Waals surface area contributed by atoms with Crippen LogP contribution >= 0.6 is 11.8 Å².